The molecule has 0 unspecified atom stereocenters. The highest BCUT2D eigenvalue weighted by molar-refractivity contribution is 7.99. The quantitative estimate of drug-likeness (QED) is 0.185. The van der Waals surface area contributed by atoms with Gasteiger partial charge in [0.25, 0.3) is 0 Å². The second-order valence-electron chi connectivity index (χ2n) is 13.3. The van der Waals surface area contributed by atoms with Gasteiger partial charge in [-0.05, 0) is 65.4 Å². The highest BCUT2D eigenvalue weighted by Gasteiger charge is 2.29. The zero-order chi connectivity index (χ0) is 33.9. The Labute approximate surface area is 300 Å². The lowest BCUT2D eigenvalue weighted by Crippen LogP contribution is -2.10. The first kappa shape index (κ1) is 28.0. The summed E-state index contributed by atoms with van der Waals surface area (Å²) in [5.74, 6) is 1.77. The summed E-state index contributed by atoms with van der Waals surface area (Å²) in [6, 6.07) is 53.0. The summed E-state index contributed by atoms with van der Waals surface area (Å²) in [5.41, 5.74) is 7.94. The van der Waals surface area contributed by atoms with Crippen molar-refractivity contribution in [3.63, 3.8) is 0 Å². The third-order valence-corrected chi connectivity index (χ3v) is 11.5. The van der Waals surface area contributed by atoms with Gasteiger partial charge < -0.3 is 4.42 Å². The molecule has 5 heterocycles. The molecule has 0 aliphatic carbocycles. The molecule has 0 saturated carbocycles. The normalized spacial score (nSPS) is 12.5. The predicted molar refractivity (Wildman–Crippen MR) is 211 cm³/mol. The molecule has 0 N–H and O–H groups in total. The lowest BCUT2D eigenvalue weighted by Gasteiger charge is -2.20. The molecule has 1 aliphatic rings. The van der Waals surface area contributed by atoms with E-state index in [-0.39, 0.29) is 0 Å². The Morgan fingerprint density at radius 1 is 0.481 bits per heavy atom. The molecule has 52 heavy (non-hydrogen) atoms. The number of hydrogen-bond acceptors (Lipinski definition) is 5. The summed E-state index contributed by atoms with van der Waals surface area (Å²) < 4.78 is 10.8. The first-order valence-electron chi connectivity index (χ1n) is 17.3. The van der Waals surface area contributed by atoms with Gasteiger partial charge in [0.15, 0.2) is 11.6 Å². The second-order valence-corrected chi connectivity index (χ2v) is 14.3. The van der Waals surface area contributed by atoms with Crippen molar-refractivity contribution < 1.29 is 4.42 Å². The maximum Gasteiger partial charge on any atom is 0.239 e. The molecule has 242 valence electrons. The van der Waals surface area contributed by atoms with Crippen molar-refractivity contribution >= 4 is 77.3 Å². The molecule has 0 amide bonds. The van der Waals surface area contributed by atoms with Gasteiger partial charge in [-0.1, -0.05) is 109 Å². The van der Waals surface area contributed by atoms with Crippen LogP contribution < -0.4 is 0 Å². The van der Waals surface area contributed by atoms with E-state index >= 15 is 0 Å². The van der Waals surface area contributed by atoms with E-state index in [1.165, 1.54) is 31.5 Å². The third-order valence-electron chi connectivity index (χ3n) is 10.3. The molecular weight excluding hydrogens is 659 g/mol. The lowest BCUT2D eigenvalue weighted by atomic mass is 10.1. The molecule has 0 fully saturated rings. The van der Waals surface area contributed by atoms with Crippen LogP contribution in [0.3, 0.4) is 0 Å². The van der Waals surface area contributed by atoms with Gasteiger partial charge in [-0.2, -0.15) is 9.97 Å². The van der Waals surface area contributed by atoms with E-state index in [9.17, 15) is 0 Å². The Kier molecular flexibility index (Phi) is 5.62. The van der Waals surface area contributed by atoms with Crippen LogP contribution in [-0.2, 0) is 0 Å². The van der Waals surface area contributed by atoms with Crippen molar-refractivity contribution in [2.24, 2.45) is 0 Å². The Morgan fingerprint density at radius 2 is 1.17 bits per heavy atom. The van der Waals surface area contributed by atoms with Crippen LogP contribution in [0.1, 0.15) is 0 Å². The van der Waals surface area contributed by atoms with E-state index in [0.717, 1.165) is 60.7 Å². The SMILES string of the molecule is c1ccc2c(c1)Sc1cccc3c4c5ccccc5n(-c5nc(-c6ccc7ccccc7c6)nc(-c6ccc7oc8ccccc8c7c6)n5)c4n-2c13. The maximum atomic E-state index is 6.19. The average Bonchev–Trinajstić information content (AvgIpc) is 3.86. The van der Waals surface area contributed by atoms with Crippen LogP contribution in [0.2, 0.25) is 0 Å². The minimum atomic E-state index is 0.563. The van der Waals surface area contributed by atoms with Crippen LogP contribution in [-0.4, -0.2) is 24.1 Å². The number of benzene rings is 7. The van der Waals surface area contributed by atoms with E-state index in [0.29, 0.717) is 17.6 Å². The highest BCUT2D eigenvalue weighted by atomic mass is 32.2. The Balaban J connectivity index is 1.20. The van der Waals surface area contributed by atoms with E-state index in [1.807, 2.05) is 42.1 Å². The van der Waals surface area contributed by atoms with E-state index < -0.39 is 0 Å². The minimum Gasteiger partial charge on any atom is -0.456 e. The largest absolute Gasteiger partial charge is 0.456 e. The summed E-state index contributed by atoms with van der Waals surface area (Å²) in [5, 5.41) is 7.95. The topological polar surface area (TPSA) is 61.7 Å². The zero-order valence-electron chi connectivity index (χ0n) is 27.5. The first-order valence-corrected chi connectivity index (χ1v) is 18.1. The lowest BCUT2D eigenvalue weighted by molar-refractivity contribution is 0.669. The fourth-order valence-corrected chi connectivity index (χ4v) is 9.14. The number of hydrogen-bond donors (Lipinski definition) is 0. The molecule has 6 nitrogen and oxygen atoms in total. The Hall–Kier alpha value is -6.70. The molecule has 0 radical (unpaired) electrons. The number of nitrogens with zero attached hydrogens (tertiary/aromatic N) is 5. The maximum absolute atomic E-state index is 6.19. The van der Waals surface area contributed by atoms with Crippen molar-refractivity contribution in [2.45, 2.75) is 9.79 Å². The molecule has 4 aromatic heterocycles. The summed E-state index contributed by atoms with van der Waals surface area (Å²) in [6.07, 6.45) is 0. The van der Waals surface area contributed by atoms with Gasteiger partial charge in [-0.3, -0.25) is 9.13 Å². The van der Waals surface area contributed by atoms with E-state index in [1.54, 1.807) is 0 Å². The Morgan fingerprint density at radius 3 is 2.10 bits per heavy atom. The standard InChI is InChI=1S/C45H25N5OS/c1-2-11-27-24-28(21-20-26(27)10-1)42-46-43(29-22-23-37-33(25-29)30-12-4-7-17-36(30)51-37)48-45(47-42)50-34-15-5-3-13-31(34)40-32-14-9-19-39-41(32)49(44(40)50)35-16-6-8-18-38(35)52-39/h1-25H. The number of fused-ring (bicyclic) bond motifs is 11. The molecule has 1 aliphatic heterocycles. The van der Waals surface area contributed by atoms with Crippen LogP contribution >= 0.6 is 11.8 Å². The van der Waals surface area contributed by atoms with Gasteiger partial charge in [-0.15, -0.1) is 0 Å². The van der Waals surface area contributed by atoms with E-state index in [2.05, 4.69) is 130 Å². The van der Waals surface area contributed by atoms with Crippen molar-refractivity contribution in [3.05, 3.63) is 152 Å². The average molecular weight is 684 g/mol. The van der Waals surface area contributed by atoms with Gasteiger partial charge in [-0.25, -0.2) is 4.98 Å². The zero-order valence-corrected chi connectivity index (χ0v) is 28.3. The fourth-order valence-electron chi connectivity index (χ4n) is 8.05. The molecule has 7 heteroatoms. The molecule has 0 bridgehead atoms. The van der Waals surface area contributed by atoms with Gasteiger partial charge >= 0.3 is 0 Å². The molecule has 11 aromatic rings. The molecule has 7 aromatic carbocycles. The summed E-state index contributed by atoms with van der Waals surface area (Å²) >= 11 is 1.82. The van der Waals surface area contributed by atoms with Crippen molar-refractivity contribution in [2.75, 3.05) is 0 Å². The van der Waals surface area contributed by atoms with Gasteiger partial charge in [0.05, 0.1) is 16.7 Å². The van der Waals surface area contributed by atoms with Crippen molar-refractivity contribution in [3.8, 4) is 34.4 Å². The second kappa shape index (κ2) is 10.4. The first-order chi connectivity index (χ1) is 25.8. The number of aromatic nitrogens is 5. The molecule has 12 rings (SSSR count). The van der Waals surface area contributed by atoms with Crippen molar-refractivity contribution in [1.29, 1.82) is 0 Å². The summed E-state index contributed by atoms with van der Waals surface area (Å²) in [6.45, 7) is 0. The van der Waals surface area contributed by atoms with Crippen LogP contribution in [0.5, 0.6) is 0 Å². The Bertz CT molecular complexity index is 3300. The number of para-hydroxylation sites is 4. The number of furan rings is 1. The van der Waals surface area contributed by atoms with Gasteiger partial charge in [0.2, 0.25) is 5.95 Å². The summed E-state index contributed by atoms with van der Waals surface area (Å²) in [7, 11) is 0. The van der Waals surface area contributed by atoms with Crippen molar-refractivity contribution in [1.82, 2.24) is 24.1 Å². The molecule has 0 atom stereocenters. The third kappa shape index (κ3) is 3.88. The van der Waals surface area contributed by atoms with Gasteiger partial charge in [0.1, 0.15) is 16.8 Å². The molecular formula is C45H25N5OS. The molecule has 0 spiro atoms. The fraction of sp³-hybridized carbons (Fsp3) is 0. The van der Waals surface area contributed by atoms with E-state index in [4.69, 9.17) is 19.4 Å². The number of rotatable bonds is 3. The highest BCUT2D eigenvalue weighted by Crippen LogP contribution is 2.49. The van der Waals surface area contributed by atoms with Gasteiger partial charge in [0, 0.05) is 47.8 Å². The summed E-state index contributed by atoms with van der Waals surface area (Å²) in [4.78, 5) is 18.3. The monoisotopic (exact) mass is 683 g/mol. The minimum absolute atomic E-state index is 0.563. The van der Waals surface area contributed by atoms with Crippen LogP contribution in [0.25, 0.3) is 100.0 Å². The van der Waals surface area contributed by atoms with Crippen LogP contribution in [0.15, 0.2) is 166 Å². The predicted octanol–water partition coefficient (Wildman–Crippen LogP) is 11.8. The van der Waals surface area contributed by atoms with Crippen LogP contribution in [0.4, 0.5) is 0 Å². The van der Waals surface area contributed by atoms with Crippen LogP contribution in [0, 0.1) is 0 Å². The smallest absolute Gasteiger partial charge is 0.239 e. The molecule has 0 saturated heterocycles.